The molecule has 1 unspecified atom stereocenters. The predicted molar refractivity (Wildman–Crippen MR) is 75.4 cm³/mol. The maximum absolute atomic E-state index is 11.8. The topological polar surface area (TPSA) is 101 Å². The molecular formula is C11H23NO6S2. The van der Waals surface area contributed by atoms with Crippen molar-refractivity contribution >= 4 is 19.9 Å². The fourth-order valence-corrected chi connectivity index (χ4v) is 4.83. The van der Waals surface area contributed by atoms with E-state index in [0.29, 0.717) is 12.8 Å². The van der Waals surface area contributed by atoms with Gasteiger partial charge in [0.15, 0.2) is 9.84 Å². The van der Waals surface area contributed by atoms with Crippen LogP contribution in [0.15, 0.2) is 0 Å². The molecule has 0 saturated carbocycles. The highest BCUT2D eigenvalue weighted by molar-refractivity contribution is 7.91. The summed E-state index contributed by atoms with van der Waals surface area (Å²) >= 11 is 0. The quantitative estimate of drug-likeness (QED) is 0.640. The second kappa shape index (κ2) is 7.69. The van der Waals surface area contributed by atoms with Gasteiger partial charge in [-0.3, -0.25) is 0 Å². The summed E-state index contributed by atoms with van der Waals surface area (Å²) in [7, 11) is -6.54. The molecule has 0 amide bonds. The summed E-state index contributed by atoms with van der Waals surface area (Å²) in [4.78, 5) is 0. The Morgan fingerprint density at radius 1 is 1.40 bits per heavy atom. The number of hydrogen-bond donors (Lipinski definition) is 1. The van der Waals surface area contributed by atoms with Crippen molar-refractivity contribution in [3.8, 4) is 0 Å². The van der Waals surface area contributed by atoms with E-state index in [4.69, 9.17) is 9.84 Å². The van der Waals surface area contributed by atoms with Gasteiger partial charge in [0, 0.05) is 6.54 Å². The fraction of sp³-hybridized carbons (Fsp3) is 1.00. The monoisotopic (exact) mass is 329 g/mol. The van der Waals surface area contributed by atoms with Gasteiger partial charge in [-0.25, -0.2) is 16.8 Å². The number of sulfonamides is 1. The van der Waals surface area contributed by atoms with Gasteiger partial charge in [0.1, 0.15) is 6.73 Å². The molecule has 0 spiro atoms. The molecule has 0 aromatic heterocycles. The average molecular weight is 329 g/mol. The van der Waals surface area contributed by atoms with Crippen LogP contribution in [0.25, 0.3) is 0 Å². The third kappa shape index (κ3) is 5.65. The predicted octanol–water partition coefficient (Wildman–Crippen LogP) is -0.571. The summed E-state index contributed by atoms with van der Waals surface area (Å²) in [5, 5.41) is 8.71. The van der Waals surface area contributed by atoms with Gasteiger partial charge in [0.25, 0.3) is 0 Å². The van der Waals surface area contributed by atoms with Crippen LogP contribution in [0.5, 0.6) is 0 Å². The van der Waals surface area contributed by atoms with Crippen LogP contribution in [0.4, 0.5) is 0 Å². The lowest BCUT2D eigenvalue weighted by atomic mass is 10.1. The summed E-state index contributed by atoms with van der Waals surface area (Å²) in [5.41, 5.74) is 0. The van der Waals surface area contributed by atoms with Gasteiger partial charge in [-0.1, -0.05) is 13.3 Å². The van der Waals surface area contributed by atoms with E-state index in [-0.39, 0.29) is 49.7 Å². The minimum absolute atomic E-state index is 0.0151. The van der Waals surface area contributed by atoms with Gasteiger partial charge in [-0.2, -0.15) is 4.31 Å². The highest BCUT2D eigenvalue weighted by Gasteiger charge is 2.27. The molecule has 9 heteroatoms. The second-order valence-corrected chi connectivity index (χ2v) is 9.25. The molecule has 1 rings (SSSR count). The maximum atomic E-state index is 11.8. The van der Waals surface area contributed by atoms with Crippen molar-refractivity contribution in [1.82, 2.24) is 4.31 Å². The van der Waals surface area contributed by atoms with Crippen LogP contribution in [0.1, 0.15) is 19.8 Å². The van der Waals surface area contributed by atoms with E-state index in [1.807, 2.05) is 6.92 Å². The molecule has 7 nitrogen and oxygen atoms in total. The van der Waals surface area contributed by atoms with E-state index in [1.54, 1.807) is 0 Å². The van der Waals surface area contributed by atoms with E-state index in [1.165, 1.54) is 4.31 Å². The summed E-state index contributed by atoms with van der Waals surface area (Å²) in [6, 6.07) is 0. The molecular weight excluding hydrogens is 306 g/mol. The Balaban J connectivity index is 2.53. The average Bonchev–Trinajstić information content (AvgIpc) is 2.35. The molecule has 1 aliphatic rings. The smallest absolute Gasteiger partial charge is 0.218 e. The van der Waals surface area contributed by atoms with Crippen molar-refractivity contribution < 1.29 is 26.7 Å². The molecule has 1 fully saturated rings. The number of rotatable bonds is 8. The molecule has 1 heterocycles. The van der Waals surface area contributed by atoms with Gasteiger partial charge < -0.3 is 9.84 Å². The molecule has 120 valence electrons. The zero-order valence-corrected chi connectivity index (χ0v) is 13.3. The van der Waals surface area contributed by atoms with E-state index in [2.05, 4.69) is 0 Å². The zero-order valence-electron chi connectivity index (χ0n) is 11.7. The first-order valence-electron chi connectivity index (χ1n) is 6.67. The van der Waals surface area contributed by atoms with Crippen molar-refractivity contribution in [2.24, 2.45) is 5.92 Å². The van der Waals surface area contributed by atoms with Gasteiger partial charge in [-0.15, -0.1) is 0 Å². The minimum atomic E-state index is -3.27. The maximum Gasteiger partial charge on any atom is 0.218 e. The van der Waals surface area contributed by atoms with Crippen LogP contribution >= 0.6 is 0 Å². The summed E-state index contributed by atoms with van der Waals surface area (Å²) in [5.74, 6) is -0.385. The van der Waals surface area contributed by atoms with Crippen molar-refractivity contribution in [2.45, 2.75) is 19.8 Å². The third-order valence-corrected chi connectivity index (χ3v) is 6.91. The lowest BCUT2D eigenvalue weighted by Gasteiger charge is -2.27. The number of aliphatic hydroxyl groups is 1. The molecule has 0 radical (unpaired) electrons. The molecule has 20 heavy (non-hydrogen) atoms. The van der Waals surface area contributed by atoms with Crippen molar-refractivity contribution in [1.29, 1.82) is 0 Å². The molecule has 0 aromatic rings. The molecule has 1 atom stereocenters. The van der Waals surface area contributed by atoms with Crippen LogP contribution in [0, 0.1) is 5.92 Å². The summed E-state index contributed by atoms with van der Waals surface area (Å²) in [6.07, 6.45) is 1.13. The zero-order chi connectivity index (χ0) is 15.2. The fourth-order valence-electron chi connectivity index (χ4n) is 2.06. The van der Waals surface area contributed by atoms with Gasteiger partial charge >= 0.3 is 0 Å². The first kappa shape index (κ1) is 17.8. The lowest BCUT2D eigenvalue weighted by Crippen LogP contribution is -2.42. The number of hydrogen-bond acceptors (Lipinski definition) is 6. The number of nitrogens with zero attached hydrogens (tertiary/aromatic N) is 1. The number of sulfone groups is 1. The number of aliphatic hydroxyl groups excluding tert-OH is 1. The SMILES string of the molecule is CCC(CCN1COCCS1(=O)=O)CS(=O)(=O)CCO. The van der Waals surface area contributed by atoms with E-state index in [0.717, 1.165) is 0 Å². The third-order valence-electron chi connectivity index (χ3n) is 3.37. The Hall–Kier alpha value is -0.220. The van der Waals surface area contributed by atoms with Crippen LogP contribution < -0.4 is 0 Å². The van der Waals surface area contributed by atoms with E-state index >= 15 is 0 Å². The molecule has 1 saturated heterocycles. The first-order chi connectivity index (χ1) is 9.30. The van der Waals surface area contributed by atoms with Crippen molar-refractivity contribution in [3.05, 3.63) is 0 Å². The standard InChI is InChI=1S/C11H23NO6S2/c1-2-11(9-19(14,15)7-5-13)3-4-12-10-18-6-8-20(12,16)17/h11,13H,2-10H2,1H3. The first-order valence-corrected chi connectivity index (χ1v) is 10.1. The van der Waals surface area contributed by atoms with Crippen molar-refractivity contribution in [2.75, 3.05) is 43.7 Å². The Morgan fingerprint density at radius 2 is 2.10 bits per heavy atom. The van der Waals surface area contributed by atoms with E-state index < -0.39 is 19.9 Å². The molecule has 0 aromatic carbocycles. The van der Waals surface area contributed by atoms with Crippen LogP contribution in [0.3, 0.4) is 0 Å². The Kier molecular flexibility index (Phi) is 6.86. The molecule has 1 N–H and O–H groups in total. The van der Waals surface area contributed by atoms with E-state index in [9.17, 15) is 16.8 Å². The minimum Gasteiger partial charge on any atom is -0.395 e. The van der Waals surface area contributed by atoms with Crippen LogP contribution in [0.2, 0.25) is 0 Å². The molecule has 0 aliphatic carbocycles. The van der Waals surface area contributed by atoms with Gasteiger partial charge in [0.2, 0.25) is 10.0 Å². The van der Waals surface area contributed by atoms with Crippen molar-refractivity contribution in [3.63, 3.8) is 0 Å². The Morgan fingerprint density at radius 3 is 2.65 bits per heavy atom. The van der Waals surface area contributed by atoms with Crippen LogP contribution in [-0.2, 0) is 24.6 Å². The largest absolute Gasteiger partial charge is 0.395 e. The summed E-state index contributed by atoms with van der Waals surface area (Å²) in [6.45, 7) is 2.02. The highest BCUT2D eigenvalue weighted by atomic mass is 32.2. The Bertz CT molecular complexity index is 487. The van der Waals surface area contributed by atoms with Crippen LogP contribution in [-0.4, -0.2) is 70.0 Å². The lowest BCUT2D eigenvalue weighted by molar-refractivity contribution is 0.0639. The number of ether oxygens (including phenoxy) is 1. The van der Waals surface area contributed by atoms with Gasteiger partial charge in [0.05, 0.1) is 30.5 Å². The molecule has 1 aliphatic heterocycles. The van der Waals surface area contributed by atoms with Gasteiger partial charge in [-0.05, 0) is 12.3 Å². The normalized spacial score (nSPS) is 21.7. The Labute approximate surface area is 120 Å². The highest BCUT2D eigenvalue weighted by Crippen LogP contribution is 2.16. The molecule has 0 bridgehead atoms. The second-order valence-electron chi connectivity index (χ2n) is 4.93. The summed E-state index contributed by atoms with van der Waals surface area (Å²) < 4.78 is 53.2.